The monoisotopic (exact) mass is 407 g/mol. The number of carbonyl (C=O) groups excluding carboxylic acids is 1. The summed E-state index contributed by atoms with van der Waals surface area (Å²) in [7, 11) is -2.61. The first-order chi connectivity index (χ1) is 12.8. The molecule has 0 unspecified atom stereocenters. The Morgan fingerprint density at radius 3 is 2.52 bits per heavy atom. The molecule has 2 aromatic carbocycles. The van der Waals surface area contributed by atoms with Gasteiger partial charge in [-0.15, -0.1) is 0 Å². The number of sulfonamides is 1. The molecule has 0 bridgehead atoms. The maximum absolute atomic E-state index is 12.8. The van der Waals surface area contributed by atoms with Gasteiger partial charge in [-0.25, -0.2) is 17.9 Å². The Bertz CT molecular complexity index is 972. The fourth-order valence-electron chi connectivity index (χ4n) is 3.33. The number of aryl methyl sites for hydroxylation is 2. The van der Waals surface area contributed by atoms with Crippen molar-refractivity contribution in [2.75, 3.05) is 7.11 Å². The van der Waals surface area contributed by atoms with E-state index >= 15 is 0 Å². The van der Waals surface area contributed by atoms with Gasteiger partial charge >= 0.3 is 5.97 Å². The second kappa shape index (κ2) is 8.00. The minimum Gasteiger partial charge on any atom is -0.465 e. The Hall–Kier alpha value is -1.89. The third-order valence-electron chi connectivity index (χ3n) is 4.86. The summed E-state index contributed by atoms with van der Waals surface area (Å²) in [5.41, 5.74) is 3.58. The highest BCUT2D eigenvalue weighted by Crippen LogP contribution is 2.26. The zero-order valence-corrected chi connectivity index (χ0v) is 16.9. The number of methoxy groups -OCH3 is 1. The molecule has 0 saturated carbocycles. The Morgan fingerprint density at radius 2 is 1.81 bits per heavy atom. The minimum absolute atomic E-state index is 0.0171. The predicted molar refractivity (Wildman–Crippen MR) is 105 cm³/mol. The first-order valence-electron chi connectivity index (χ1n) is 8.83. The molecule has 0 amide bonds. The first kappa shape index (κ1) is 19.9. The van der Waals surface area contributed by atoms with Crippen LogP contribution in [-0.4, -0.2) is 21.5 Å². The fourth-order valence-corrected chi connectivity index (χ4v) is 4.78. The number of carbonyl (C=O) groups is 1. The average Bonchev–Trinajstić information content (AvgIpc) is 2.66. The van der Waals surface area contributed by atoms with E-state index in [1.165, 1.54) is 42.9 Å². The lowest BCUT2D eigenvalue weighted by molar-refractivity contribution is 0.0600. The van der Waals surface area contributed by atoms with E-state index in [2.05, 4.69) is 21.6 Å². The quantitative estimate of drug-likeness (QED) is 0.759. The SMILES string of the molecule is COC(=O)c1cc(S(=O)(=O)N[C@H](C)c2ccc3c(c2)CCCC3)ccc1Cl. The molecule has 0 aromatic heterocycles. The van der Waals surface area contributed by atoms with E-state index in [9.17, 15) is 13.2 Å². The van der Waals surface area contributed by atoms with Crippen LogP contribution in [0.1, 0.15) is 52.9 Å². The van der Waals surface area contributed by atoms with Gasteiger partial charge in [0.25, 0.3) is 0 Å². The highest BCUT2D eigenvalue weighted by molar-refractivity contribution is 7.89. The van der Waals surface area contributed by atoms with Gasteiger partial charge in [0, 0.05) is 6.04 Å². The fraction of sp³-hybridized carbons (Fsp3) is 0.350. The second-order valence-electron chi connectivity index (χ2n) is 6.71. The van der Waals surface area contributed by atoms with E-state index in [1.807, 2.05) is 6.07 Å². The summed E-state index contributed by atoms with van der Waals surface area (Å²) in [5.74, 6) is -0.681. The number of esters is 1. The molecule has 3 rings (SSSR count). The molecule has 1 atom stereocenters. The Kier molecular flexibility index (Phi) is 5.89. The number of halogens is 1. The van der Waals surface area contributed by atoms with Crippen molar-refractivity contribution in [2.24, 2.45) is 0 Å². The van der Waals surface area contributed by atoms with Crippen LogP contribution < -0.4 is 4.72 Å². The van der Waals surface area contributed by atoms with Gasteiger partial charge in [-0.2, -0.15) is 0 Å². The third kappa shape index (κ3) is 4.34. The van der Waals surface area contributed by atoms with Gasteiger partial charge in [-0.3, -0.25) is 0 Å². The molecule has 144 valence electrons. The van der Waals surface area contributed by atoms with E-state index in [-0.39, 0.29) is 15.5 Å². The van der Waals surface area contributed by atoms with Gasteiger partial charge in [0.15, 0.2) is 0 Å². The van der Waals surface area contributed by atoms with E-state index in [0.29, 0.717) is 0 Å². The molecule has 5 nitrogen and oxygen atoms in total. The van der Waals surface area contributed by atoms with Crippen LogP contribution in [0, 0.1) is 0 Å². The van der Waals surface area contributed by atoms with Gasteiger partial charge in [-0.05, 0) is 67.5 Å². The zero-order valence-electron chi connectivity index (χ0n) is 15.3. The molecule has 2 aromatic rings. The van der Waals surface area contributed by atoms with Crippen molar-refractivity contribution in [2.45, 2.75) is 43.5 Å². The van der Waals surface area contributed by atoms with Crippen LogP contribution in [0.5, 0.6) is 0 Å². The van der Waals surface area contributed by atoms with Crippen molar-refractivity contribution < 1.29 is 17.9 Å². The first-order valence-corrected chi connectivity index (χ1v) is 10.7. The van der Waals surface area contributed by atoms with Gasteiger partial charge in [0.1, 0.15) is 0 Å². The van der Waals surface area contributed by atoms with Crippen molar-refractivity contribution in [3.63, 3.8) is 0 Å². The van der Waals surface area contributed by atoms with Crippen LogP contribution in [0.2, 0.25) is 5.02 Å². The number of hydrogen-bond acceptors (Lipinski definition) is 4. The summed E-state index contributed by atoms with van der Waals surface area (Å²) in [5, 5.41) is 0.142. The van der Waals surface area contributed by atoms with Crippen molar-refractivity contribution >= 4 is 27.6 Å². The molecule has 0 radical (unpaired) electrons. The van der Waals surface area contributed by atoms with Gasteiger partial charge in [0.05, 0.1) is 22.6 Å². The standard InChI is InChI=1S/C20H22ClNO4S/c1-13(15-8-7-14-5-3-4-6-16(14)11-15)22-27(24,25)17-9-10-19(21)18(12-17)20(23)26-2/h7-13,22H,3-6H2,1-2H3/t13-/m1/s1. The molecule has 0 heterocycles. The van der Waals surface area contributed by atoms with Crippen LogP contribution >= 0.6 is 11.6 Å². The molecule has 0 aliphatic heterocycles. The topological polar surface area (TPSA) is 72.5 Å². The molecule has 0 saturated heterocycles. The number of hydrogen-bond donors (Lipinski definition) is 1. The molecule has 27 heavy (non-hydrogen) atoms. The minimum atomic E-state index is -3.83. The van der Waals surface area contributed by atoms with Crippen LogP contribution in [-0.2, 0) is 27.6 Å². The lowest BCUT2D eigenvalue weighted by Gasteiger charge is -2.20. The normalized spacial score (nSPS) is 15.1. The van der Waals surface area contributed by atoms with E-state index in [0.717, 1.165) is 24.8 Å². The third-order valence-corrected chi connectivity index (χ3v) is 6.73. The number of benzene rings is 2. The van der Waals surface area contributed by atoms with Gasteiger partial charge in [-0.1, -0.05) is 29.8 Å². The maximum atomic E-state index is 12.8. The van der Waals surface area contributed by atoms with Gasteiger partial charge in [0.2, 0.25) is 10.0 Å². The number of fused-ring (bicyclic) bond motifs is 1. The van der Waals surface area contributed by atoms with Crippen LogP contribution in [0.4, 0.5) is 0 Å². The lowest BCUT2D eigenvalue weighted by Crippen LogP contribution is -2.27. The predicted octanol–water partition coefficient (Wildman–Crippen LogP) is 4.04. The summed E-state index contributed by atoms with van der Waals surface area (Å²) in [6, 6.07) is 9.73. The highest BCUT2D eigenvalue weighted by Gasteiger charge is 2.22. The van der Waals surface area contributed by atoms with E-state index < -0.39 is 22.0 Å². The highest BCUT2D eigenvalue weighted by atomic mass is 35.5. The van der Waals surface area contributed by atoms with Crippen molar-refractivity contribution in [3.8, 4) is 0 Å². The van der Waals surface area contributed by atoms with Crippen molar-refractivity contribution in [1.29, 1.82) is 0 Å². The molecular weight excluding hydrogens is 386 g/mol. The summed E-state index contributed by atoms with van der Waals surface area (Å²) in [4.78, 5) is 11.7. The Morgan fingerprint density at radius 1 is 1.11 bits per heavy atom. The Balaban J connectivity index is 1.85. The number of rotatable bonds is 5. The van der Waals surface area contributed by atoms with Gasteiger partial charge < -0.3 is 4.74 Å². The van der Waals surface area contributed by atoms with Crippen LogP contribution in [0.15, 0.2) is 41.3 Å². The maximum Gasteiger partial charge on any atom is 0.339 e. The largest absolute Gasteiger partial charge is 0.465 e. The molecular formula is C20H22ClNO4S. The smallest absolute Gasteiger partial charge is 0.339 e. The van der Waals surface area contributed by atoms with Crippen LogP contribution in [0.25, 0.3) is 0 Å². The summed E-state index contributed by atoms with van der Waals surface area (Å²) < 4.78 is 32.9. The van der Waals surface area contributed by atoms with E-state index in [4.69, 9.17) is 11.6 Å². The molecule has 1 N–H and O–H groups in total. The summed E-state index contributed by atoms with van der Waals surface area (Å²) in [6.07, 6.45) is 4.48. The lowest BCUT2D eigenvalue weighted by atomic mass is 9.89. The number of ether oxygens (including phenoxy) is 1. The zero-order chi connectivity index (χ0) is 19.6. The average molecular weight is 408 g/mol. The molecule has 0 fully saturated rings. The van der Waals surface area contributed by atoms with Crippen molar-refractivity contribution in [3.05, 3.63) is 63.7 Å². The number of nitrogens with one attached hydrogen (secondary N) is 1. The summed E-state index contributed by atoms with van der Waals surface area (Å²) >= 11 is 5.97. The molecule has 1 aliphatic rings. The second-order valence-corrected chi connectivity index (χ2v) is 8.83. The van der Waals surface area contributed by atoms with Crippen LogP contribution in [0.3, 0.4) is 0 Å². The molecule has 7 heteroatoms. The van der Waals surface area contributed by atoms with Crippen molar-refractivity contribution in [1.82, 2.24) is 4.72 Å². The van der Waals surface area contributed by atoms with E-state index in [1.54, 1.807) is 6.92 Å². The Labute approximate surface area is 164 Å². The molecule has 1 aliphatic carbocycles. The summed E-state index contributed by atoms with van der Waals surface area (Å²) in [6.45, 7) is 1.80. The molecule has 0 spiro atoms.